The van der Waals surface area contributed by atoms with Crippen LogP contribution in [0.3, 0.4) is 0 Å². The first-order valence-electron chi connectivity index (χ1n) is 9.17. The maximum absolute atomic E-state index is 12.7. The van der Waals surface area contributed by atoms with Crippen molar-refractivity contribution in [3.63, 3.8) is 0 Å². The van der Waals surface area contributed by atoms with E-state index in [4.69, 9.17) is 4.74 Å². The molecule has 0 aliphatic carbocycles. The van der Waals surface area contributed by atoms with Crippen LogP contribution in [-0.4, -0.2) is 11.8 Å². The topological polar surface area (TPSA) is 67.4 Å². The van der Waals surface area contributed by atoms with Gasteiger partial charge >= 0.3 is 0 Å². The van der Waals surface area contributed by atoms with Crippen LogP contribution in [0.5, 0.6) is 11.5 Å². The molecule has 0 saturated heterocycles. The van der Waals surface area contributed by atoms with Crippen LogP contribution in [0.15, 0.2) is 60.7 Å². The molecule has 5 heteroatoms. The summed E-state index contributed by atoms with van der Waals surface area (Å²) in [6.07, 6.45) is 0.920. The second-order valence-corrected chi connectivity index (χ2v) is 6.77. The number of carbonyl (C=O) groups is 2. The molecule has 0 fully saturated rings. The molecule has 28 heavy (non-hydrogen) atoms. The second-order valence-electron chi connectivity index (χ2n) is 6.77. The highest BCUT2D eigenvalue weighted by atomic mass is 16.5. The van der Waals surface area contributed by atoms with Gasteiger partial charge in [0.15, 0.2) is 5.75 Å². The number of nitrogens with one attached hydrogen (secondary N) is 2. The number of hydrogen-bond acceptors (Lipinski definition) is 3. The highest BCUT2D eigenvalue weighted by Crippen LogP contribution is 2.37. The van der Waals surface area contributed by atoms with Crippen molar-refractivity contribution in [1.82, 2.24) is 0 Å². The molecule has 0 radical (unpaired) electrons. The Balaban J connectivity index is 1.59. The standard InChI is InChI=1S/C23H20N2O3/c1-3-15-5-7-16(8-6-15)22(26)24-17-9-11-20-18(13-17)23(27)25-19-12-14(2)4-10-21(19)28-20/h4-13H,3H2,1-2H3,(H,24,26)(H,25,27). The number of carbonyl (C=O) groups excluding carboxylic acids is 2. The van der Waals surface area contributed by atoms with Gasteiger partial charge in [-0.2, -0.15) is 0 Å². The summed E-state index contributed by atoms with van der Waals surface area (Å²) >= 11 is 0. The lowest BCUT2D eigenvalue weighted by Crippen LogP contribution is -2.14. The third-order valence-corrected chi connectivity index (χ3v) is 4.71. The van der Waals surface area contributed by atoms with Crippen molar-refractivity contribution >= 4 is 23.2 Å². The fraction of sp³-hybridized carbons (Fsp3) is 0.130. The summed E-state index contributed by atoms with van der Waals surface area (Å²) in [5.74, 6) is 0.537. The van der Waals surface area contributed by atoms with Gasteiger partial charge in [-0.3, -0.25) is 9.59 Å². The zero-order valence-corrected chi connectivity index (χ0v) is 15.7. The number of benzene rings is 3. The van der Waals surface area contributed by atoms with E-state index in [1.807, 2.05) is 37.3 Å². The van der Waals surface area contributed by atoms with Crippen molar-refractivity contribution in [3.05, 3.63) is 82.9 Å². The zero-order valence-electron chi connectivity index (χ0n) is 15.7. The summed E-state index contributed by atoms with van der Waals surface area (Å²) in [5, 5.41) is 5.71. The smallest absolute Gasteiger partial charge is 0.259 e. The van der Waals surface area contributed by atoms with E-state index in [1.165, 1.54) is 5.56 Å². The quantitative estimate of drug-likeness (QED) is 0.667. The van der Waals surface area contributed by atoms with E-state index >= 15 is 0 Å². The van der Waals surface area contributed by atoms with E-state index in [2.05, 4.69) is 17.6 Å². The maximum Gasteiger partial charge on any atom is 0.259 e. The molecule has 1 aliphatic heterocycles. The summed E-state index contributed by atoms with van der Waals surface area (Å²) in [5.41, 5.74) is 4.29. The summed E-state index contributed by atoms with van der Waals surface area (Å²) in [4.78, 5) is 25.2. The third-order valence-electron chi connectivity index (χ3n) is 4.71. The Morgan fingerprint density at radius 3 is 2.50 bits per heavy atom. The molecule has 0 spiro atoms. The van der Waals surface area contributed by atoms with Gasteiger partial charge in [-0.15, -0.1) is 0 Å². The molecule has 0 unspecified atom stereocenters. The van der Waals surface area contributed by atoms with Gasteiger partial charge in [-0.1, -0.05) is 25.1 Å². The average Bonchev–Trinajstić information content (AvgIpc) is 2.83. The van der Waals surface area contributed by atoms with Crippen LogP contribution >= 0.6 is 0 Å². The fourth-order valence-corrected chi connectivity index (χ4v) is 3.11. The number of hydrogen-bond donors (Lipinski definition) is 2. The highest BCUT2D eigenvalue weighted by Gasteiger charge is 2.21. The van der Waals surface area contributed by atoms with E-state index in [0.717, 1.165) is 12.0 Å². The molecule has 4 rings (SSSR count). The number of amides is 2. The van der Waals surface area contributed by atoms with Crippen molar-refractivity contribution < 1.29 is 14.3 Å². The number of anilines is 2. The van der Waals surface area contributed by atoms with Crippen molar-refractivity contribution in [3.8, 4) is 11.5 Å². The van der Waals surface area contributed by atoms with Gasteiger partial charge in [-0.25, -0.2) is 0 Å². The Hall–Kier alpha value is -3.60. The van der Waals surface area contributed by atoms with Gasteiger partial charge < -0.3 is 15.4 Å². The molecular weight excluding hydrogens is 352 g/mol. The van der Waals surface area contributed by atoms with E-state index < -0.39 is 0 Å². The molecule has 1 aliphatic rings. The fourth-order valence-electron chi connectivity index (χ4n) is 3.11. The first-order chi connectivity index (χ1) is 13.5. The van der Waals surface area contributed by atoms with Crippen molar-refractivity contribution in [2.24, 2.45) is 0 Å². The van der Waals surface area contributed by atoms with Crippen LogP contribution in [0.4, 0.5) is 11.4 Å². The Labute approximate surface area is 163 Å². The molecule has 0 saturated carbocycles. The average molecular weight is 372 g/mol. The Bertz CT molecular complexity index is 1070. The summed E-state index contributed by atoms with van der Waals surface area (Å²) in [6, 6.07) is 18.1. The number of aryl methyl sites for hydroxylation is 2. The molecular formula is C23H20N2O3. The minimum atomic E-state index is -0.275. The summed E-state index contributed by atoms with van der Waals surface area (Å²) in [6.45, 7) is 4.02. The third kappa shape index (κ3) is 3.47. The molecule has 2 N–H and O–H groups in total. The Kier molecular flexibility index (Phi) is 4.57. The van der Waals surface area contributed by atoms with Crippen LogP contribution in [0.1, 0.15) is 38.8 Å². The first-order valence-corrected chi connectivity index (χ1v) is 9.17. The van der Waals surface area contributed by atoms with Gasteiger partial charge in [-0.05, 0) is 66.9 Å². The van der Waals surface area contributed by atoms with Crippen LogP contribution in [0.25, 0.3) is 0 Å². The molecule has 0 aromatic heterocycles. The predicted octanol–water partition coefficient (Wildman–Crippen LogP) is 5.17. The molecule has 5 nitrogen and oxygen atoms in total. The van der Waals surface area contributed by atoms with E-state index in [-0.39, 0.29) is 11.8 Å². The SMILES string of the molecule is CCc1ccc(C(=O)Nc2ccc3c(c2)C(=O)Nc2cc(C)ccc2O3)cc1. The lowest BCUT2D eigenvalue weighted by molar-refractivity contribution is 0.101. The minimum Gasteiger partial charge on any atom is -0.454 e. The molecule has 1 heterocycles. The van der Waals surface area contributed by atoms with Crippen LogP contribution in [0, 0.1) is 6.92 Å². The number of rotatable bonds is 3. The van der Waals surface area contributed by atoms with E-state index in [0.29, 0.717) is 34.0 Å². The molecule has 0 atom stereocenters. The second kappa shape index (κ2) is 7.19. The van der Waals surface area contributed by atoms with Gasteiger partial charge in [0.2, 0.25) is 0 Å². The van der Waals surface area contributed by atoms with E-state index in [9.17, 15) is 9.59 Å². The van der Waals surface area contributed by atoms with Crippen molar-refractivity contribution in [2.45, 2.75) is 20.3 Å². The largest absolute Gasteiger partial charge is 0.454 e. The molecule has 140 valence electrons. The van der Waals surface area contributed by atoms with E-state index in [1.54, 1.807) is 30.3 Å². The summed E-state index contributed by atoms with van der Waals surface area (Å²) in [7, 11) is 0. The number of ether oxygens (including phenoxy) is 1. The molecule has 3 aromatic rings. The Morgan fingerprint density at radius 2 is 1.75 bits per heavy atom. The van der Waals surface area contributed by atoms with Crippen LogP contribution in [0.2, 0.25) is 0 Å². The Morgan fingerprint density at radius 1 is 1.00 bits per heavy atom. The number of fused-ring (bicyclic) bond motifs is 2. The molecule has 2 amide bonds. The predicted molar refractivity (Wildman–Crippen MR) is 109 cm³/mol. The van der Waals surface area contributed by atoms with Gasteiger partial charge in [0.05, 0.1) is 11.3 Å². The molecule has 3 aromatic carbocycles. The van der Waals surface area contributed by atoms with Gasteiger partial charge in [0.25, 0.3) is 11.8 Å². The normalized spacial score (nSPS) is 12.1. The molecule has 0 bridgehead atoms. The lowest BCUT2D eigenvalue weighted by atomic mass is 10.1. The maximum atomic E-state index is 12.7. The van der Waals surface area contributed by atoms with Gasteiger partial charge in [0.1, 0.15) is 5.75 Å². The minimum absolute atomic E-state index is 0.225. The van der Waals surface area contributed by atoms with Crippen molar-refractivity contribution in [1.29, 1.82) is 0 Å². The van der Waals surface area contributed by atoms with Crippen molar-refractivity contribution in [2.75, 3.05) is 10.6 Å². The summed E-state index contributed by atoms with van der Waals surface area (Å²) < 4.78 is 5.90. The zero-order chi connectivity index (χ0) is 19.7. The van der Waals surface area contributed by atoms with Crippen LogP contribution in [-0.2, 0) is 6.42 Å². The highest BCUT2D eigenvalue weighted by molar-refractivity contribution is 6.10. The lowest BCUT2D eigenvalue weighted by Gasteiger charge is -2.10. The van der Waals surface area contributed by atoms with Gasteiger partial charge in [0, 0.05) is 11.3 Å². The monoisotopic (exact) mass is 372 g/mol. The first kappa shape index (κ1) is 17.8. The van der Waals surface area contributed by atoms with Crippen LogP contribution < -0.4 is 15.4 Å².